The molecule has 0 atom stereocenters. The van der Waals surface area contributed by atoms with Gasteiger partial charge in [-0.25, -0.2) is 5.11 Å². The van der Waals surface area contributed by atoms with Crippen LogP contribution in [0.15, 0.2) is 0 Å². The molecule has 0 amide bonds. The summed E-state index contributed by atoms with van der Waals surface area (Å²) in [5.41, 5.74) is 0. The van der Waals surface area contributed by atoms with Crippen LogP contribution in [0.5, 0.6) is 0 Å². The summed E-state index contributed by atoms with van der Waals surface area (Å²) >= 11 is 42.5. The second-order valence-electron chi connectivity index (χ2n) is 4.46. The number of rotatable bonds is 7. The van der Waals surface area contributed by atoms with Gasteiger partial charge >= 0.3 is 0 Å². The van der Waals surface area contributed by atoms with Gasteiger partial charge in [-0.1, -0.05) is 339 Å². The summed E-state index contributed by atoms with van der Waals surface area (Å²) in [5, 5.41) is 13.1. The average Bonchev–Trinajstić information content (AvgIpc) is 2.34. The van der Waals surface area contributed by atoms with Gasteiger partial charge in [0.2, 0.25) is 1.61 Å². The Morgan fingerprint density at radius 1 is 0.308 bits per heavy atom. The van der Waals surface area contributed by atoms with E-state index in [9.17, 15) is 5.11 Å². The summed E-state index contributed by atoms with van der Waals surface area (Å²) in [6.07, 6.45) is 0. The highest BCUT2D eigenvalue weighted by atomic mass is 127. The highest BCUT2D eigenvalue weighted by molar-refractivity contribution is 14.3. The van der Waals surface area contributed by atoms with Crippen LogP contribution in [0, 0.1) is 0 Å². The van der Waals surface area contributed by atoms with Gasteiger partial charge in [0, 0.05) is 0 Å². The predicted octanol–water partition coefficient (Wildman–Crippen LogP) is 13.3. The van der Waals surface area contributed by atoms with Gasteiger partial charge < -0.3 is 0 Å². The molecule has 0 fully saturated rings. The minimum atomic E-state index is -1.14. The minimum Gasteiger partial charge on any atom is -0.204 e. The second kappa shape index (κ2) is 13.6. The van der Waals surface area contributed by atoms with Crippen molar-refractivity contribution >= 4 is 384 Å². The minimum absolute atomic E-state index is 0.0223. The molecule has 1 radical (unpaired) electrons. The van der Waals surface area contributed by atoms with E-state index in [2.05, 4.69) is 339 Å². The van der Waals surface area contributed by atoms with Crippen LogP contribution in [-0.4, -0.2) is 9.62 Å². The molecule has 0 aliphatic heterocycles. The largest absolute Gasteiger partial charge is 0.229 e. The van der Waals surface area contributed by atoms with E-state index in [-0.39, 0.29) is 6.58 Å². The van der Waals surface area contributed by atoms with Gasteiger partial charge in [0.15, 0.2) is 0 Å². The molecule has 18 heteroatoms. The van der Waals surface area contributed by atoms with Crippen molar-refractivity contribution in [1.29, 1.82) is 0 Å². The lowest BCUT2D eigenvalue weighted by atomic mass is 10.1. The van der Waals surface area contributed by atoms with Crippen LogP contribution in [0.1, 0.15) is 0 Å². The van der Waals surface area contributed by atoms with Crippen molar-refractivity contribution in [3.63, 3.8) is 0 Å². The van der Waals surface area contributed by atoms with E-state index in [1.54, 1.807) is 0 Å². The third kappa shape index (κ3) is 8.01. The van der Waals surface area contributed by atoms with Crippen LogP contribution in [0.25, 0.3) is 0 Å². The molecule has 0 rings (SSSR count). The fourth-order valence-corrected chi connectivity index (χ4v) is 24.6. The fraction of sp³-hybridized carbons (Fsp3) is 1.00. The van der Waals surface area contributed by atoms with E-state index in [0.29, 0.717) is 0 Å². The Bertz CT molecular complexity index is 474. The van der Waals surface area contributed by atoms with E-state index in [0.717, 1.165) is 0 Å². The van der Waals surface area contributed by atoms with Crippen LogP contribution >= 0.6 is 384 Å². The van der Waals surface area contributed by atoms with Gasteiger partial charge in [0.25, 0.3) is 0 Å². The quantitative estimate of drug-likeness (QED) is 0.179. The molecule has 0 saturated carbocycles. The smallest absolute Gasteiger partial charge is 0.204 e. The fourth-order valence-electron chi connectivity index (χ4n) is 1.15. The van der Waals surface area contributed by atoms with Gasteiger partial charge in [0.05, 0.1) is 0 Å². The van der Waals surface area contributed by atoms with E-state index >= 15 is 0 Å². The van der Waals surface area contributed by atoms with Gasteiger partial charge in [-0.15, -0.1) is 0 Å². The zero-order valence-electron chi connectivity index (χ0n) is 10.8. The van der Waals surface area contributed by atoms with Crippen molar-refractivity contribution in [3.05, 3.63) is 0 Å². The van der Waals surface area contributed by atoms with E-state index < -0.39 is 3.04 Å². The van der Waals surface area contributed by atoms with Crippen LogP contribution < -0.4 is 0 Å². The Balaban J connectivity index is 6.61. The molecule has 0 aliphatic rings. The van der Waals surface area contributed by atoms with Crippen LogP contribution in [0.4, 0.5) is 0 Å². The summed E-state index contributed by atoms with van der Waals surface area (Å²) < 4.78 is -2.51. The maximum absolute atomic E-state index is 13.1. The molecule has 157 valence electrons. The highest BCUT2D eigenvalue weighted by Gasteiger charge is 2.76. The van der Waals surface area contributed by atoms with Crippen molar-refractivity contribution in [3.8, 4) is 0 Å². The molecular formula is C8I17O. The molecule has 0 aliphatic carbocycles. The maximum Gasteiger partial charge on any atom is 0.229 e. The summed E-state index contributed by atoms with van der Waals surface area (Å²) in [6, 6.07) is 0. The lowest BCUT2D eigenvalue weighted by molar-refractivity contribution is 0.161. The van der Waals surface area contributed by atoms with E-state index in [1.165, 1.54) is 0 Å². The number of halogens is 17. The number of hydrogen-bond donors (Lipinski definition) is 0. The standard InChI is InChI=1S/C8I17O/c9-1(10,3(13,14)5(17,18)7(21,22)23)2(11,12)4(15,16)6(19,20)8(24,25)26. The molecule has 26 heavy (non-hydrogen) atoms. The molecule has 0 aromatic heterocycles. The third-order valence-corrected chi connectivity index (χ3v) is 57.0. The Kier molecular flexibility index (Phi) is 20.0. The highest BCUT2D eigenvalue weighted by Crippen LogP contribution is 2.79. The van der Waals surface area contributed by atoms with Crippen molar-refractivity contribution in [2.45, 2.75) is 9.62 Å². The predicted molar refractivity (Wildman–Crippen MR) is 261 cm³/mol. The van der Waals surface area contributed by atoms with Crippen molar-refractivity contribution in [1.82, 2.24) is 0 Å². The van der Waals surface area contributed by atoms with Crippen LogP contribution in [-0.2, 0) is 5.11 Å². The molecule has 0 spiro atoms. The Morgan fingerprint density at radius 2 is 0.500 bits per heavy atom. The summed E-state index contributed by atoms with van der Waals surface area (Å²) in [7, 11) is 0. The molecule has 0 bridgehead atoms. The molecular weight excluding hydrogens is 2270 g/mol. The second-order valence-corrected chi connectivity index (χ2v) is 52.4. The van der Waals surface area contributed by atoms with Crippen molar-refractivity contribution < 1.29 is 5.11 Å². The Hall–Kier alpha value is 12.4. The summed E-state index contributed by atoms with van der Waals surface area (Å²) in [4.78, 5) is 0. The van der Waals surface area contributed by atoms with Crippen molar-refractivity contribution in [2.75, 3.05) is 0 Å². The summed E-state index contributed by atoms with van der Waals surface area (Å²) in [6.45, 7) is 0. The normalized spacial score (nSPS) is 16.8. The summed E-state index contributed by atoms with van der Waals surface area (Å²) in [5.74, 6) is 0. The van der Waals surface area contributed by atoms with Crippen LogP contribution in [0.2, 0.25) is 0 Å². The molecule has 0 heterocycles. The molecule has 0 saturated heterocycles. The number of alkyl halides is 17. The van der Waals surface area contributed by atoms with Gasteiger partial charge in [0.1, 0.15) is 8.01 Å². The van der Waals surface area contributed by atoms with Crippen LogP contribution in [0.3, 0.4) is 0 Å². The lowest BCUT2D eigenvalue weighted by Crippen LogP contribution is -2.67. The van der Waals surface area contributed by atoms with E-state index in [4.69, 9.17) is 0 Å². The van der Waals surface area contributed by atoms with Crippen molar-refractivity contribution in [2.24, 2.45) is 0 Å². The first kappa shape index (κ1) is 38.4. The van der Waals surface area contributed by atoms with Gasteiger partial charge in [-0.3, -0.25) is 0 Å². The molecule has 1 nitrogen and oxygen atoms in total. The SMILES string of the molecule is [O]C(I)(I)C(I)(I)C(I)(I)C(I)(I)C(I)(I)C(I)(I)C(I)(I)C(I)(I)I. The Labute approximate surface area is 386 Å². The molecule has 0 aromatic carbocycles. The topological polar surface area (TPSA) is 19.9 Å². The first-order valence-electron chi connectivity index (χ1n) is 5.17. The molecule has 0 aromatic rings. The first-order chi connectivity index (χ1) is 10.8. The zero-order chi connectivity index (χ0) is 22.0. The lowest BCUT2D eigenvalue weighted by Gasteiger charge is -2.57. The zero-order valence-corrected chi connectivity index (χ0v) is 47.5. The monoisotopic (exact) mass is 2270 g/mol. The first-order valence-corrected chi connectivity index (χ1v) is 23.5. The maximum atomic E-state index is 13.1. The van der Waals surface area contributed by atoms with E-state index in [1.807, 2.05) is 45.2 Å². The molecule has 0 unspecified atom stereocenters. The Morgan fingerprint density at radius 3 is 0.692 bits per heavy atom. The third-order valence-electron chi connectivity index (χ3n) is 2.69. The number of hydrogen-bond acceptors (Lipinski definition) is 0. The average molecular weight is 2270 g/mol. The van der Waals surface area contributed by atoms with Gasteiger partial charge in [-0.2, -0.15) is 0 Å². The molecule has 0 N–H and O–H groups in total. The van der Waals surface area contributed by atoms with Gasteiger partial charge in [-0.05, 0) is 45.2 Å².